The molecule has 0 aliphatic carbocycles. The number of hydrogen-bond donors (Lipinski definition) is 4. The molecule has 224 valence electrons. The van der Waals surface area contributed by atoms with Gasteiger partial charge in [-0.25, -0.2) is 9.59 Å². The summed E-state index contributed by atoms with van der Waals surface area (Å²) in [6, 6.07) is 30.3. The molecule has 5 aromatic rings. The second kappa shape index (κ2) is 14.6. The Kier molecular flexibility index (Phi) is 9.89. The topological polar surface area (TPSA) is 130 Å². The Hall–Kier alpha value is -5.57. The average molecular weight is 592 g/mol. The van der Waals surface area contributed by atoms with Gasteiger partial charge in [0.15, 0.2) is 0 Å². The van der Waals surface area contributed by atoms with Crippen molar-refractivity contribution in [2.75, 3.05) is 0 Å². The summed E-state index contributed by atoms with van der Waals surface area (Å²) in [4.78, 5) is 43.2. The second-order valence-corrected chi connectivity index (χ2v) is 10.3. The van der Waals surface area contributed by atoms with Gasteiger partial charge in [-0.1, -0.05) is 91.0 Å². The van der Waals surface area contributed by atoms with E-state index in [-0.39, 0.29) is 31.8 Å². The molecule has 9 nitrogen and oxygen atoms in total. The molecule has 0 unspecified atom stereocenters. The average Bonchev–Trinajstić information content (AvgIpc) is 3.46. The summed E-state index contributed by atoms with van der Waals surface area (Å²) in [7, 11) is 0. The Labute approximate surface area is 254 Å². The number of esters is 1. The first-order chi connectivity index (χ1) is 21.4. The van der Waals surface area contributed by atoms with E-state index in [9.17, 15) is 19.5 Å². The molecule has 0 aliphatic rings. The minimum absolute atomic E-state index is 0.0311. The predicted octanol–water partition coefficient (Wildman–Crippen LogP) is 5.18. The van der Waals surface area contributed by atoms with Crippen molar-refractivity contribution in [3.63, 3.8) is 0 Å². The van der Waals surface area contributed by atoms with Crippen molar-refractivity contribution in [1.29, 1.82) is 0 Å². The van der Waals surface area contributed by atoms with E-state index in [1.807, 2.05) is 84.9 Å². The normalized spacial score (nSPS) is 12.2. The minimum Gasteiger partial charge on any atom is -0.508 e. The van der Waals surface area contributed by atoms with E-state index in [0.717, 1.165) is 27.6 Å². The lowest BCUT2D eigenvalue weighted by Gasteiger charge is -2.23. The number of carbonyl (C=O) groups excluding carboxylic acids is 3. The zero-order valence-corrected chi connectivity index (χ0v) is 23.9. The molecule has 0 saturated carbocycles. The number of carbonyl (C=O) groups is 3. The number of aromatic amines is 1. The Morgan fingerprint density at radius 2 is 1.27 bits per heavy atom. The van der Waals surface area contributed by atoms with Gasteiger partial charge in [0.2, 0.25) is 5.91 Å². The number of hydrogen-bond acceptors (Lipinski definition) is 6. The van der Waals surface area contributed by atoms with Gasteiger partial charge in [0.05, 0.1) is 0 Å². The number of amides is 2. The maximum Gasteiger partial charge on any atom is 0.408 e. The van der Waals surface area contributed by atoms with Gasteiger partial charge in [0.25, 0.3) is 0 Å². The van der Waals surface area contributed by atoms with Crippen molar-refractivity contribution in [1.82, 2.24) is 15.6 Å². The predicted molar refractivity (Wildman–Crippen MR) is 166 cm³/mol. The molecule has 5 rings (SSSR count). The monoisotopic (exact) mass is 591 g/mol. The summed E-state index contributed by atoms with van der Waals surface area (Å²) < 4.78 is 11.0. The lowest BCUT2D eigenvalue weighted by atomic mass is 10.0. The summed E-state index contributed by atoms with van der Waals surface area (Å²) in [6.45, 7) is 0.0633. The zero-order chi connectivity index (χ0) is 30.7. The SMILES string of the molecule is O=C(N[C@@H](Cc1c[nH]c2ccccc12)C(=O)N[C@@H](Cc1ccc(O)cc1)C(=O)OCc1ccccc1)OCc1ccccc1. The first-order valence-electron chi connectivity index (χ1n) is 14.3. The number of phenols is 1. The van der Waals surface area contributed by atoms with Crippen LogP contribution in [0.4, 0.5) is 4.79 Å². The number of H-pyrrole nitrogens is 1. The lowest BCUT2D eigenvalue weighted by molar-refractivity contribution is -0.149. The summed E-state index contributed by atoms with van der Waals surface area (Å²) >= 11 is 0. The smallest absolute Gasteiger partial charge is 0.408 e. The van der Waals surface area contributed by atoms with Gasteiger partial charge >= 0.3 is 12.1 Å². The summed E-state index contributed by atoms with van der Waals surface area (Å²) in [5.41, 5.74) is 4.01. The molecule has 2 atom stereocenters. The van der Waals surface area contributed by atoms with E-state index >= 15 is 0 Å². The molecular weight excluding hydrogens is 558 g/mol. The van der Waals surface area contributed by atoms with Crippen LogP contribution in [0.3, 0.4) is 0 Å². The van der Waals surface area contributed by atoms with E-state index in [0.29, 0.717) is 5.56 Å². The van der Waals surface area contributed by atoms with Crippen molar-refractivity contribution in [2.45, 2.75) is 38.1 Å². The number of aromatic nitrogens is 1. The Bertz CT molecular complexity index is 1690. The number of ether oxygens (including phenoxy) is 2. The van der Waals surface area contributed by atoms with E-state index in [1.54, 1.807) is 18.3 Å². The van der Waals surface area contributed by atoms with Gasteiger partial charge < -0.3 is 30.2 Å². The first-order valence-corrected chi connectivity index (χ1v) is 14.3. The molecule has 2 amide bonds. The minimum atomic E-state index is -1.07. The third-order valence-corrected chi connectivity index (χ3v) is 7.12. The van der Waals surface area contributed by atoms with Gasteiger partial charge in [-0.15, -0.1) is 0 Å². The standard InChI is InChI=1S/C35H33N3O6/c39-28-17-15-24(16-18-28)19-32(34(41)43-22-25-9-3-1-4-10-25)37-33(40)31(20-27-21-36-30-14-8-7-13-29(27)30)38-35(42)44-23-26-11-5-2-6-12-26/h1-18,21,31-32,36,39H,19-20,22-23H2,(H,37,40)(H,38,42)/t31-,32-/m0/s1. The second-order valence-electron chi connectivity index (χ2n) is 10.3. The van der Waals surface area contributed by atoms with Crippen LogP contribution in [0.1, 0.15) is 22.3 Å². The fraction of sp³-hybridized carbons (Fsp3) is 0.171. The van der Waals surface area contributed by atoms with Gasteiger partial charge in [0.1, 0.15) is 31.0 Å². The van der Waals surface area contributed by atoms with Crippen LogP contribution in [-0.2, 0) is 45.1 Å². The number of nitrogens with one attached hydrogen (secondary N) is 3. The van der Waals surface area contributed by atoms with Crippen LogP contribution >= 0.6 is 0 Å². The summed E-state index contributed by atoms with van der Waals surface area (Å²) in [5, 5.41) is 16.1. The van der Waals surface area contributed by atoms with Crippen LogP contribution in [0.2, 0.25) is 0 Å². The molecule has 1 heterocycles. The molecule has 0 aliphatic heterocycles. The molecule has 0 bridgehead atoms. The van der Waals surface area contributed by atoms with Crippen molar-refractivity contribution in [2.24, 2.45) is 0 Å². The van der Waals surface area contributed by atoms with Crippen molar-refractivity contribution < 1.29 is 29.0 Å². The molecule has 9 heteroatoms. The molecule has 4 N–H and O–H groups in total. The molecule has 0 radical (unpaired) electrons. The van der Waals surface area contributed by atoms with E-state index in [1.165, 1.54) is 12.1 Å². The Balaban J connectivity index is 1.34. The van der Waals surface area contributed by atoms with Gasteiger partial charge in [0, 0.05) is 29.9 Å². The van der Waals surface area contributed by atoms with E-state index < -0.39 is 30.1 Å². The number of rotatable bonds is 12. The maximum absolute atomic E-state index is 13.8. The number of benzene rings is 4. The van der Waals surface area contributed by atoms with Crippen LogP contribution in [0.15, 0.2) is 115 Å². The Morgan fingerprint density at radius 1 is 0.659 bits per heavy atom. The number of alkyl carbamates (subject to hydrolysis) is 1. The summed E-state index contributed by atoms with van der Waals surface area (Å²) in [5.74, 6) is -1.13. The molecule has 4 aromatic carbocycles. The van der Waals surface area contributed by atoms with E-state index in [4.69, 9.17) is 9.47 Å². The number of para-hydroxylation sites is 1. The van der Waals surface area contributed by atoms with Gasteiger partial charge in [-0.3, -0.25) is 4.79 Å². The fourth-order valence-corrected chi connectivity index (χ4v) is 4.80. The number of aromatic hydroxyl groups is 1. The van der Waals surface area contributed by atoms with Crippen LogP contribution in [-0.4, -0.2) is 40.1 Å². The van der Waals surface area contributed by atoms with E-state index in [2.05, 4.69) is 15.6 Å². The number of fused-ring (bicyclic) bond motifs is 1. The highest BCUT2D eigenvalue weighted by Crippen LogP contribution is 2.20. The lowest BCUT2D eigenvalue weighted by Crippen LogP contribution is -2.53. The maximum atomic E-state index is 13.8. The molecule has 1 aromatic heterocycles. The Morgan fingerprint density at radius 3 is 1.95 bits per heavy atom. The zero-order valence-electron chi connectivity index (χ0n) is 23.9. The molecule has 0 saturated heterocycles. The summed E-state index contributed by atoms with van der Waals surface area (Å²) in [6.07, 6.45) is 1.28. The highest BCUT2D eigenvalue weighted by molar-refractivity contribution is 5.91. The third kappa shape index (κ3) is 8.25. The van der Waals surface area contributed by atoms with Crippen LogP contribution in [0, 0.1) is 0 Å². The van der Waals surface area contributed by atoms with Crippen molar-refractivity contribution in [3.8, 4) is 5.75 Å². The van der Waals surface area contributed by atoms with Gasteiger partial charge in [-0.05, 0) is 40.5 Å². The van der Waals surface area contributed by atoms with Gasteiger partial charge in [-0.2, -0.15) is 0 Å². The molecule has 0 spiro atoms. The van der Waals surface area contributed by atoms with Crippen LogP contribution in [0.5, 0.6) is 5.75 Å². The molecule has 44 heavy (non-hydrogen) atoms. The van der Waals surface area contributed by atoms with Crippen LogP contribution in [0.25, 0.3) is 10.9 Å². The quantitative estimate of drug-likeness (QED) is 0.148. The fourth-order valence-electron chi connectivity index (χ4n) is 4.80. The van der Waals surface area contributed by atoms with Crippen LogP contribution < -0.4 is 10.6 Å². The molecule has 0 fully saturated rings. The van der Waals surface area contributed by atoms with Crippen molar-refractivity contribution in [3.05, 3.63) is 138 Å². The number of phenolic OH excluding ortho intramolecular Hbond substituents is 1. The molecular formula is C35H33N3O6. The van der Waals surface area contributed by atoms with Crippen molar-refractivity contribution >= 4 is 28.9 Å². The highest BCUT2D eigenvalue weighted by atomic mass is 16.5. The highest BCUT2D eigenvalue weighted by Gasteiger charge is 2.29. The first kappa shape index (κ1) is 29.9. The largest absolute Gasteiger partial charge is 0.508 e. The third-order valence-electron chi connectivity index (χ3n) is 7.12.